The van der Waals surface area contributed by atoms with Gasteiger partial charge in [0.15, 0.2) is 9.84 Å². The summed E-state index contributed by atoms with van der Waals surface area (Å²) in [7, 11) is -2.98. The highest BCUT2D eigenvalue weighted by molar-refractivity contribution is 7.91. The van der Waals surface area contributed by atoms with E-state index in [0.717, 1.165) is 5.56 Å². The van der Waals surface area contributed by atoms with E-state index in [1.165, 1.54) is 12.4 Å². The normalized spacial score (nSPS) is 18.7. The number of aromatic nitrogens is 2. The fourth-order valence-corrected chi connectivity index (χ4v) is 4.46. The van der Waals surface area contributed by atoms with Gasteiger partial charge in [0.25, 0.3) is 5.91 Å². The number of anilines is 1. The summed E-state index contributed by atoms with van der Waals surface area (Å²) < 4.78 is 23.0. The van der Waals surface area contributed by atoms with Gasteiger partial charge in [0.2, 0.25) is 0 Å². The van der Waals surface area contributed by atoms with Gasteiger partial charge in [-0.3, -0.25) is 4.79 Å². The summed E-state index contributed by atoms with van der Waals surface area (Å²) in [5.41, 5.74) is 1.01. The van der Waals surface area contributed by atoms with Gasteiger partial charge in [-0.15, -0.1) is 0 Å². The quantitative estimate of drug-likeness (QED) is 0.818. The average Bonchev–Trinajstić information content (AvgIpc) is 2.92. The van der Waals surface area contributed by atoms with Crippen LogP contribution in [0, 0.1) is 0 Å². The number of amides is 1. The average molecular weight is 381 g/mol. The summed E-state index contributed by atoms with van der Waals surface area (Å²) in [6, 6.07) is 8.56. The van der Waals surface area contributed by atoms with Gasteiger partial charge in [-0.05, 0) is 18.1 Å². The molecule has 0 bridgehead atoms. The predicted octanol–water partition coefficient (Wildman–Crippen LogP) is 1.66. The second-order valence-corrected chi connectivity index (χ2v) is 8.44. The zero-order valence-corrected chi connectivity index (χ0v) is 14.8. The standard InChI is InChI=1S/C16H17ClN4O3S/c17-13-4-2-1-3-11(13)8-18-16(22)14-7-15(20-10-19-14)21-12-5-6-25(23,24)9-12/h1-4,7,10,12H,5-6,8-9H2,(H,18,22)(H,19,20,21). The largest absolute Gasteiger partial charge is 0.366 e. The number of hydrogen-bond donors (Lipinski definition) is 2. The molecule has 1 unspecified atom stereocenters. The van der Waals surface area contributed by atoms with Gasteiger partial charge in [0.1, 0.15) is 17.8 Å². The zero-order chi connectivity index (χ0) is 17.9. The summed E-state index contributed by atoms with van der Waals surface area (Å²) in [5.74, 6) is 0.316. The fourth-order valence-electron chi connectivity index (χ4n) is 2.59. The van der Waals surface area contributed by atoms with Crippen LogP contribution < -0.4 is 10.6 Å². The molecule has 0 radical (unpaired) electrons. The van der Waals surface area contributed by atoms with E-state index in [9.17, 15) is 13.2 Å². The first kappa shape index (κ1) is 17.6. The SMILES string of the molecule is O=C(NCc1ccccc1Cl)c1cc(NC2CCS(=O)(=O)C2)ncn1. The van der Waals surface area contributed by atoms with Crippen molar-refractivity contribution < 1.29 is 13.2 Å². The molecule has 2 aromatic rings. The summed E-state index contributed by atoms with van der Waals surface area (Å²) in [5, 5.41) is 6.37. The van der Waals surface area contributed by atoms with Crippen molar-refractivity contribution in [1.29, 1.82) is 0 Å². The van der Waals surface area contributed by atoms with Crippen LogP contribution >= 0.6 is 11.6 Å². The van der Waals surface area contributed by atoms with Gasteiger partial charge in [-0.25, -0.2) is 18.4 Å². The van der Waals surface area contributed by atoms with Gasteiger partial charge in [-0.1, -0.05) is 29.8 Å². The summed E-state index contributed by atoms with van der Waals surface area (Å²) in [6.45, 7) is 0.284. The third kappa shape index (κ3) is 4.67. The molecule has 1 aliphatic heterocycles. The maximum Gasteiger partial charge on any atom is 0.270 e. The molecule has 7 nitrogen and oxygen atoms in total. The Morgan fingerprint density at radius 1 is 1.28 bits per heavy atom. The number of hydrogen-bond acceptors (Lipinski definition) is 6. The Morgan fingerprint density at radius 3 is 2.80 bits per heavy atom. The van der Waals surface area contributed by atoms with Gasteiger partial charge in [0.05, 0.1) is 11.5 Å². The molecule has 1 aliphatic rings. The topological polar surface area (TPSA) is 101 Å². The van der Waals surface area contributed by atoms with Crippen molar-refractivity contribution >= 4 is 33.2 Å². The molecule has 0 saturated carbocycles. The van der Waals surface area contributed by atoms with Crippen molar-refractivity contribution in [3.63, 3.8) is 0 Å². The molecule has 1 fully saturated rings. The minimum Gasteiger partial charge on any atom is -0.366 e. The van der Waals surface area contributed by atoms with Crippen molar-refractivity contribution in [2.24, 2.45) is 0 Å². The van der Waals surface area contributed by atoms with Crippen LogP contribution in [0.15, 0.2) is 36.7 Å². The lowest BCUT2D eigenvalue weighted by Gasteiger charge is -2.12. The van der Waals surface area contributed by atoms with Crippen molar-refractivity contribution in [3.8, 4) is 0 Å². The fraction of sp³-hybridized carbons (Fsp3) is 0.312. The van der Waals surface area contributed by atoms with Crippen molar-refractivity contribution in [1.82, 2.24) is 15.3 Å². The maximum absolute atomic E-state index is 12.3. The van der Waals surface area contributed by atoms with Crippen LogP contribution in [0.5, 0.6) is 0 Å². The Labute approximate surface area is 150 Å². The zero-order valence-electron chi connectivity index (χ0n) is 13.3. The number of nitrogens with zero attached hydrogens (tertiary/aromatic N) is 2. The number of rotatable bonds is 5. The van der Waals surface area contributed by atoms with Crippen LogP contribution in [-0.2, 0) is 16.4 Å². The monoisotopic (exact) mass is 380 g/mol. The predicted molar refractivity (Wildman–Crippen MR) is 95.3 cm³/mol. The van der Waals surface area contributed by atoms with E-state index in [4.69, 9.17) is 11.6 Å². The smallest absolute Gasteiger partial charge is 0.270 e. The molecular weight excluding hydrogens is 364 g/mol. The Balaban J connectivity index is 1.63. The highest BCUT2D eigenvalue weighted by atomic mass is 35.5. The number of carbonyl (C=O) groups is 1. The lowest BCUT2D eigenvalue weighted by Crippen LogP contribution is -2.25. The van der Waals surface area contributed by atoms with Gasteiger partial charge < -0.3 is 10.6 Å². The van der Waals surface area contributed by atoms with Crippen LogP contribution in [0.2, 0.25) is 5.02 Å². The van der Waals surface area contributed by atoms with Crippen LogP contribution in [0.1, 0.15) is 22.5 Å². The Kier molecular flexibility index (Phi) is 5.19. The van der Waals surface area contributed by atoms with Crippen LogP contribution in [0.25, 0.3) is 0 Å². The van der Waals surface area contributed by atoms with Gasteiger partial charge >= 0.3 is 0 Å². The number of carbonyl (C=O) groups excluding carboxylic acids is 1. The number of sulfone groups is 1. The molecule has 0 spiro atoms. The minimum atomic E-state index is -2.98. The van der Waals surface area contributed by atoms with E-state index in [1.54, 1.807) is 6.07 Å². The number of nitrogens with one attached hydrogen (secondary N) is 2. The van der Waals surface area contributed by atoms with E-state index in [0.29, 0.717) is 17.3 Å². The second-order valence-electron chi connectivity index (χ2n) is 5.81. The molecule has 1 amide bonds. The summed E-state index contributed by atoms with van der Waals surface area (Å²) in [4.78, 5) is 20.3. The molecule has 3 rings (SSSR count). The minimum absolute atomic E-state index is 0.0744. The molecule has 132 valence electrons. The Bertz CT molecular complexity index is 888. The third-order valence-corrected chi connectivity index (χ3v) is 6.02. The Morgan fingerprint density at radius 2 is 2.08 bits per heavy atom. The first-order chi connectivity index (χ1) is 11.9. The molecule has 0 aliphatic carbocycles. The first-order valence-electron chi connectivity index (χ1n) is 7.73. The summed E-state index contributed by atoms with van der Waals surface area (Å²) in [6.07, 6.45) is 1.80. The molecule has 1 saturated heterocycles. The van der Waals surface area contributed by atoms with Crippen molar-refractivity contribution in [3.05, 3.63) is 52.9 Å². The van der Waals surface area contributed by atoms with Crippen LogP contribution in [0.4, 0.5) is 5.82 Å². The van der Waals surface area contributed by atoms with E-state index < -0.39 is 9.84 Å². The van der Waals surface area contributed by atoms with Crippen LogP contribution in [-0.4, -0.2) is 41.8 Å². The highest BCUT2D eigenvalue weighted by Gasteiger charge is 2.28. The third-order valence-electron chi connectivity index (χ3n) is 3.88. The molecule has 25 heavy (non-hydrogen) atoms. The lowest BCUT2D eigenvalue weighted by molar-refractivity contribution is 0.0946. The van der Waals surface area contributed by atoms with Crippen LogP contribution in [0.3, 0.4) is 0 Å². The number of halogens is 1. The molecule has 1 aromatic carbocycles. The van der Waals surface area contributed by atoms with Gasteiger partial charge in [0, 0.05) is 23.7 Å². The molecule has 2 N–H and O–H groups in total. The molecule has 9 heteroatoms. The van der Waals surface area contributed by atoms with Crippen molar-refractivity contribution in [2.45, 2.75) is 19.0 Å². The first-order valence-corrected chi connectivity index (χ1v) is 9.93. The molecule has 1 aromatic heterocycles. The van der Waals surface area contributed by atoms with E-state index in [2.05, 4.69) is 20.6 Å². The molecule has 2 heterocycles. The van der Waals surface area contributed by atoms with E-state index in [-0.39, 0.29) is 35.7 Å². The molecular formula is C16H17ClN4O3S. The van der Waals surface area contributed by atoms with E-state index >= 15 is 0 Å². The summed E-state index contributed by atoms with van der Waals surface area (Å²) >= 11 is 6.06. The van der Waals surface area contributed by atoms with Crippen molar-refractivity contribution in [2.75, 3.05) is 16.8 Å². The van der Waals surface area contributed by atoms with Gasteiger partial charge in [-0.2, -0.15) is 0 Å². The highest BCUT2D eigenvalue weighted by Crippen LogP contribution is 2.17. The second kappa shape index (κ2) is 7.37. The Hall–Kier alpha value is -2.19. The lowest BCUT2D eigenvalue weighted by atomic mass is 10.2. The maximum atomic E-state index is 12.3. The van der Waals surface area contributed by atoms with E-state index in [1.807, 2.05) is 18.2 Å². The number of benzene rings is 1. The molecule has 1 atom stereocenters.